The van der Waals surface area contributed by atoms with Crippen LogP contribution >= 0.6 is 11.3 Å². The first-order valence-corrected chi connectivity index (χ1v) is 12.7. The van der Waals surface area contributed by atoms with Gasteiger partial charge in [0.1, 0.15) is 11.9 Å². The highest BCUT2D eigenvalue weighted by Gasteiger charge is 2.26. The first kappa shape index (κ1) is 22.3. The van der Waals surface area contributed by atoms with Gasteiger partial charge in [-0.1, -0.05) is 31.2 Å². The number of likely N-dealkylation sites (N-methyl/N-ethyl adjacent to an activating group) is 1. The van der Waals surface area contributed by atoms with Crippen molar-refractivity contribution < 1.29 is 14.3 Å². The van der Waals surface area contributed by atoms with E-state index in [-0.39, 0.29) is 18.2 Å². The van der Waals surface area contributed by atoms with Crippen molar-refractivity contribution in [2.45, 2.75) is 38.9 Å². The summed E-state index contributed by atoms with van der Waals surface area (Å²) in [5.74, 6) is 0.884. The molecule has 2 aliphatic rings. The highest BCUT2D eigenvalue weighted by molar-refractivity contribution is 7.17. The quantitative estimate of drug-likeness (QED) is 0.500. The number of aromatic nitrogens is 1. The standard InChI is InChI=1S/C26H31N3O3S/c1-3-28-10-12-29(13-11-28)26-25-21(9-15-33-25)16-23(27-26)19-4-6-20(7-5-19)24-17-22(8-14-31-24)32-18(2)30/h4-7,9,15-16,22,24H,3,8,10-14,17H2,1-2H3. The Kier molecular flexibility index (Phi) is 6.62. The summed E-state index contributed by atoms with van der Waals surface area (Å²) < 4.78 is 12.7. The van der Waals surface area contributed by atoms with Crippen molar-refractivity contribution in [1.29, 1.82) is 0 Å². The average molecular weight is 466 g/mol. The molecule has 3 aromatic rings. The van der Waals surface area contributed by atoms with E-state index in [1.165, 1.54) is 17.0 Å². The first-order valence-electron chi connectivity index (χ1n) is 11.9. The summed E-state index contributed by atoms with van der Waals surface area (Å²) in [6, 6.07) is 12.9. The van der Waals surface area contributed by atoms with Gasteiger partial charge in [-0.15, -0.1) is 11.3 Å². The molecule has 5 rings (SSSR count). The molecule has 7 heteroatoms. The number of piperazine rings is 1. The van der Waals surface area contributed by atoms with E-state index in [9.17, 15) is 4.79 Å². The van der Waals surface area contributed by atoms with Crippen LogP contribution in [0.4, 0.5) is 5.82 Å². The number of esters is 1. The maximum Gasteiger partial charge on any atom is 0.302 e. The second-order valence-electron chi connectivity index (χ2n) is 8.83. The average Bonchev–Trinajstić information content (AvgIpc) is 3.32. The van der Waals surface area contributed by atoms with Crippen LogP contribution in [0.3, 0.4) is 0 Å². The van der Waals surface area contributed by atoms with Gasteiger partial charge in [-0.05, 0) is 35.0 Å². The summed E-state index contributed by atoms with van der Waals surface area (Å²) in [5, 5.41) is 3.41. The Bertz CT molecular complexity index is 1110. The molecule has 2 saturated heterocycles. The van der Waals surface area contributed by atoms with E-state index in [4.69, 9.17) is 14.5 Å². The highest BCUT2D eigenvalue weighted by Crippen LogP contribution is 2.35. The van der Waals surface area contributed by atoms with E-state index < -0.39 is 0 Å². The third-order valence-corrected chi connectivity index (χ3v) is 7.61. The van der Waals surface area contributed by atoms with Gasteiger partial charge in [-0.2, -0.15) is 0 Å². The molecular weight excluding hydrogens is 434 g/mol. The van der Waals surface area contributed by atoms with Gasteiger partial charge in [0.15, 0.2) is 0 Å². The molecule has 0 bridgehead atoms. The Morgan fingerprint density at radius 3 is 2.70 bits per heavy atom. The lowest BCUT2D eigenvalue weighted by Crippen LogP contribution is -2.46. The predicted octanol–water partition coefficient (Wildman–Crippen LogP) is 4.89. The third-order valence-electron chi connectivity index (χ3n) is 6.68. The van der Waals surface area contributed by atoms with Crippen molar-refractivity contribution >= 4 is 33.2 Å². The number of benzene rings is 1. The van der Waals surface area contributed by atoms with Crippen molar-refractivity contribution in [3.05, 3.63) is 47.3 Å². The molecule has 2 aliphatic heterocycles. The predicted molar refractivity (Wildman–Crippen MR) is 133 cm³/mol. The summed E-state index contributed by atoms with van der Waals surface area (Å²) in [7, 11) is 0. The maximum absolute atomic E-state index is 11.3. The Labute approximate surface area is 199 Å². The van der Waals surface area contributed by atoms with Gasteiger partial charge >= 0.3 is 5.97 Å². The third kappa shape index (κ3) is 4.90. The summed E-state index contributed by atoms with van der Waals surface area (Å²) in [6.07, 6.45) is 1.34. The number of hydrogen-bond acceptors (Lipinski definition) is 7. The fourth-order valence-corrected chi connectivity index (χ4v) is 5.70. The van der Waals surface area contributed by atoms with Crippen LogP contribution in [0, 0.1) is 0 Å². The van der Waals surface area contributed by atoms with E-state index in [1.54, 1.807) is 11.3 Å². The van der Waals surface area contributed by atoms with Crippen LogP contribution in [-0.2, 0) is 14.3 Å². The van der Waals surface area contributed by atoms with Gasteiger partial charge in [-0.3, -0.25) is 4.79 Å². The molecule has 6 nitrogen and oxygen atoms in total. The summed E-state index contributed by atoms with van der Waals surface area (Å²) >= 11 is 1.77. The lowest BCUT2D eigenvalue weighted by Gasteiger charge is -2.35. The van der Waals surface area contributed by atoms with Gasteiger partial charge in [0.25, 0.3) is 0 Å². The van der Waals surface area contributed by atoms with Gasteiger partial charge in [-0.25, -0.2) is 4.98 Å². The van der Waals surface area contributed by atoms with Crippen molar-refractivity contribution in [1.82, 2.24) is 9.88 Å². The summed E-state index contributed by atoms with van der Waals surface area (Å²) in [4.78, 5) is 21.4. The number of hydrogen-bond donors (Lipinski definition) is 0. The van der Waals surface area contributed by atoms with Gasteiger partial charge in [0.05, 0.1) is 23.1 Å². The molecule has 4 heterocycles. The van der Waals surface area contributed by atoms with Crippen LogP contribution in [0.5, 0.6) is 0 Å². The van der Waals surface area contributed by atoms with Crippen LogP contribution in [0.1, 0.15) is 38.4 Å². The zero-order valence-electron chi connectivity index (χ0n) is 19.3. The lowest BCUT2D eigenvalue weighted by atomic mass is 9.97. The van der Waals surface area contributed by atoms with Crippen LogP contribution < -0.4 is 4.90 Å². The zero-order valence-corrected chi connectivity index (χ0v) is 20.1. The Morgan fingerprint density at radius 1 is 1.18 bits per heavy atom. The number of thiophene rings is 1. The Morgan fingerprint density at radius 2 is 1.97 bits per heavy atom. The largest absolute Gasteiger partial charge is 0.462 e. The van der Waals surface area contributed by atoms with E-state index in [0.717, 1.165) is 61.8 Å². The zero-order chi connectivity index (χ0) is 22.8. The van der Waals surface area contributed by atoms with Gasteiger partial charge < -0.3 is 19.3 Å². The topological polar surface area (TPSA) is 54.9 Å². The molecule has 0 amide bonds. The number of carbonyl (C=O) groups is 1. The number of nitrogens with zero attached hydrogens (tertiary/aromatic N) is 3. The Balaban J connectivity index is 1.38. The lowest BCUT2D eigenvalue weighted by molar-refractivity contribution is -0.153. The van der Waals surface area contributed by atoms with Gasteiger partial charge in [0.2, 0.25) is 0 Å². The second-order valence-corrected chi connectivity index (χ2v) is 9.74. The molecule has 0 saturated carbocycles. The van der Waals surface area contributed by atoms with Crippen LogP contribution in [-0.4, -0.2) is 61.3 Å². The van der Waals surface area contributed by atoms with Crippen LogP contribution in [0.2, 0.25) is 0 Å². The molecule has 0 aliphatic carbocycles. The minimum absolute atomic E-state index is 0.0464. The molecule has 0 radical (unpaired) electrons. The fourth-order valence-electron chi connectivity index (χ4n) is 4.81. The molecule has 2 fully saturated rings. The van der Waals surface area contributed by atoms with Crippen molar-refractivity contribution in [2.24, 2.45) is 0 Å². The number of rotatable bonds is 5. The number of ether oxygens (including phenoxy) is 2. The SMILES string of the molecule is CCN1CCN(c2nc(-c3ccc(C4CC(OC(C)=O)CCO4)cc3)cc3ccsc23)CC1. The number of anilines is 1. The van der Waals surface area contributed by atoms with Crippen LogP contribution in [0.15, 0.2) is 41.8 Å². The number of pyridine rings is 1. The molecule has 2 atom stereocenters. The summed E-state index contributed by atoms with van der Waals surface area (Å²) in [6.45, 7) is 9.60. The maximum atomic E-state index is 11.3. The molecular formula is C26H31N3O3S. The van der Waals surface area contributed by atoms with Crippen molar-refractivity contribution in [2.75, 3.05) is 44.2 Å². The monoisotopic (exact) mass is 465 g/mol. The molecule has 2 unspecified atom stereocenters. The molecule has 174 valence electrons. The second kappa shape index (κ2) is 9.79. The molecule has 2 aromatic heterocycles. The smallest absolute Gasteiger partial charge is 0.302 e. The van der Waals surface area contributed by atoms with E-state index in [1.807, 2.05) is 0 Å². The highest BCUT2D eigenvalue weighted by atomic mass is 32.1. The normalized spacial score (nSPS) is 21.9. The minimum atomic E-state index is -0.224. The first-order chi connectivity index (χ1) is 16.1. The van der Waals surface area contributed by atoms with E-state index in [2.05, 4.69) is 58.5 Å². The van der Waals surface area contributed by atoms with Crippen LogP contribution in [0.25, 0.3) is 21.3 Å². The number of fused-ring (bicyclic) bond motifs is 1. The van der Waals surface area contributed by atoms with Gasteiger partial charge in [0, 0.05) is 51.5 Å². The molecule has 0 N–H and O–H groups in total. The van der Waals surface area contributed by atoms with Crippen molar-refractivity contribution in [3.63, 3.8) is 0 Å². The van der Waals surface area contributed by atoms with E-state index in [0.29, 0.717) is 13.0 Å². The minimum Gasteiger partial charge on any atom is -0.462 e. The van der Waals surface area contributed by atoms with E-state index >= 15 is 0 Å². The Hall–Kier alpha value is -2.48. The molecule has 33 heavy (non-hydrogen) atoms. The van der Waals surface area contributed by atoms with Crippen molar-refractivity contribution in [3.8, 4) is 11.3 Å². The fraction of sp³-hybridized carbons (Fsp3) is 0.462. The number of carbonyl (C=O) groups excluding carboxylic acids is 1. The molecule has 1 aromatic carbocycles. The molecule has 0 spiro atoms. The summed E-state index contributed by atoms with van der Waals surface area (Å²) in [5.41, 5.74) is 3.22.